The van der Waals surface area contributed by atoms with Gasteiger partial charge in [-0.15, -0.1) is 10.2 Å². The SMILES string of the molecule is Cn1cccc1C1COCCN1C1CCC(c2nn[nH]n2)C1. The summed E-state index contributed by atoms with van der Waals surface area (Å²) in [6, 6.07) is 5.24. The Morgan fingerprint density at radius 3 is 3.09 bits per heavy atom. The molecular formula is C15H22N6O. The highest BCUT2D eigenvalue weighted by Gasteiger charge is 2.37. The molecule has 3 atom stereocenters. The zero-order valence-corrected chi connectivity index (χ0v) is 12.9. The molecule has 1 aliphatic heterocycles. The molecule has 118 valence electrons. The lowest BCUT2D eigenvalue weighted by Crippen LogP contribution is -2.45. The summed E-state index contributed by atoms with van der Waals surface area (Å²) >= 11 is 0. The first-order valence-electron chi connectivity index (χ1n) is 8.01. The molecule has 0 radical (unpaired) electrons. The van der Waals surface area contributed by atoms with Crippen molar-refractivity contribution in [2.75, 3.05) is 19.8 Å². The summed E-state index contributed by atoms with van der Waals surface area (Å²) in [5, 5.41) is 14.6. The summed E-state index contributed by atoms with van der Waals surface area (Å²) in [6.45, 7) is 2.60. The van der Waals surface area contributed by atoms with Gasteiger partial charge in [-0.05, 0) is 31.4 Å². The fourth-order valence-electron chi connectivity index (χ4n) is 3.97. The number of aryl methyl sites for hydroxylation is 1. The zero-order valence-electron chi connectivity index (χ0n) is 12.9. The fourth-order valence-corrected chi connectivity index (χ4v) is 3.97. The second-order valence-electron chi connectivity index (χ2n) is 6.31. The summed E-state index contributed by atoms with van der Waals surface area (Å²) < 4.78 is 7.96. The standard InChI is InChI=1S/C15H22N6O/c1-20-6-2-3-13(20)14-10-22-8-7-21(14)12-5-4-11(9-12)15-16-18-19-17-15/h2-3,6,11-12,14H,4-5,7-10H2,1H3,(H,16,17,18,19). The number of morpholine rings is 1. The topological polar surface area (TPSA) is 71.9 Å². The molecule has 7 nitrogen and oxygen atoms in total. The van der Waals surface area contributed by atoms with E-state index in [0.29, 0.717) is 18.0 Å². The van der Waals surface area contributed by atoms with Crippen LogP contribution < -0.4 is 0 Å². The highest BCUT2D eigenvalue weighted by Crippen LogP contribution is 2.39. The molecule has 3 heterocycles. The molecule has 3 unspecified atom stereocenters. The largest absolute Gasteiger partial charge is 0.378 e. The van der Waals surface area contributed by atoms with E-state index in [1.54, 1.807) is 0 Å². The van der Waals surface area contributed by atoms with Crippen LogP contribution in [0.4, 0.5) is 0 Å². The van der Waals surface area contributed by atoms with E-state index in [0.717, 1.165) is 38.4 Å². The van der Waals surface area contributed by atoms with Crippen molar-refractivity contribution in [1.82, 2.24) is 30.1 Å². The van der Waals surface area contributed by atoms with Crippen molar-refractivity contribution < 1.29 is 4.74 Å². The number of tetrazole rings is 1. The lowest BCUT2D eigenvalue weighted by atomic mass is 10.0. The Bertz CT molecular complexity index is 609. The number of nitrogens with one attached hydrogen (secondary N) is 1. The van der Waals surface area contributed by atoms with Crippen LogP contribution in [0.1, 0.15) is 42.7 Å². The quantitative estimate of drug-likeness (QED) is 0.924. The first kappa shape index (κ1) is 13.9. The molecule has 0 aromatic carbocycles. The van der Waals surface area contributed by atoms with Gasteiger partial charge in [0.15, 0.2) is 5.82 Å². The van der Waals surface area contributed by atoms with E-state index in [4.69, 9.17) is 4.74 Å². The van der Waals surface area contributed by atoms with E-state index in [1.807, 2.05) is 0 Å². The summed E-state index contributed by atoms with van der Waals surface area (Å²) in [5.41, 5.74) is 1.34. The Kier molecular flexibility index (Phi) is 3.67. The molecule has 0 spiro atoms. The minimum atomic E-state index is 0.350. The highest BCUT2D eigenvalue weighted by molar-refractivity contribution is 5.14. The van der Waals surface area contributed by atoms with Crippen LogP contribution in [0.2, 0.25) is 0 Å². The van der Waals surface area contributed by atoms with E-state index in [9.17, 15) is 0 Å². The van der Waals surface area contributed by atoms with Crippen LogP contribution >= 0.6 is 0 Å². The third-order valence-electron chi connectivity index (χ3n) is 5.10. The molecule has 0 amide bonds. The first-order chi connectivity index (χ1) is 10.8. The van der Waals surface area contributed by atoms with Gasteiger partial charge in [0.2, 0.25) is 0 Å². The predicted octanol–water partition coefficient (Wildman–Crippen LogP) is 1.25. The number of H-pyrrole nitrogens is 1. The van der Waals surface area contributed by atoms with Crippen LogP contribution in [-0.4, -0.2) is 55.9 Å². The molecule has 1 N–H and O–H groups in total. The lowest BCUT2D eigenvalue weighted by Gasteiger charge is -2.40. The maximum atomic E-state index is 5.76. The average molecular weight is 302 g/mol. The predicted molar refractivity (Wildman–Crippen MR) is 80.2 cm³/mol. The maximum Gasteiger partial charge on any atom is 0.177 e. The minimum Gasteiger partial charge on any atom is -0.378 e. The normalized spacial score (nSPS) is 30.0. The maximum absolute atomic E-state index is 5.76. The van der Waals surface area contributed by atoms with Crippen molar-refractivity contribution in [3.8, 4) is 0 Å². The minimum absolute atomic E-state index is 0.350. The summed E-state index contributed by atoms with van der Waals surface area (Å²) in [7, 11) is 2.11. The number of hydrogen-bond acceptors (Lipinski definition) is 5. The van der Waals surface area contributed by atoms with Crippen LogP contribution in [0.15, 0.2) is 18.3 Å². The van der Waals surface area contributed by atoms with Crippen molar-refractivity contribution in [3.05, 3.63) is 29.8 Å². The van der Waals surface area contributed by atoms with Crippen LogP contribution in [0.3, 0.4) is 0 Å². The summed E-state index contributed by atoms with van der Waals surface area (Å²) in [4.78, 5) is 2.62. The van der Waals surface area contributed by atoms with Crippen LogP contribution in [0.5, 0.6) is 0 Å². The van der Waals surface area contributed by atoms with Gasteiger partial charge in [-0.1, -0.05) is 5.21 Å². The van der Waals surface area contributed by atoms with E-state index >= 15 is 0 Å². The van der Waals surface area contributed by atoms with Crippen LogP contribution in [-0.2, 0) is 11.8 Å². The van der Waals surface area contributed by atoms with E-state index in [-0.39, 0.29) is 0 Å². The molecule has 2 fully saturated rings. The number of aromatic amines is 1. The van der Waals surface area contributed by atoms with Gasteiger partial charge in [-0.2, -0.15) is 5.21 Å². The molecule has 1 aliphatic carbocycles. The lowest BCUT2D eigenvalue weighted by molar-refractivity contribution is -0.0316. The third kappa shape index (κ3) is 2.44. The monoisotopic (exact) mass is 302 g/mol. The third-order valence-corrected chi connectivity index (χ3v) is 5.10. The molecule has 2 aromatic heterocycles. The Balaban J connectivity index is 1.52. The Labute approximate surface area is 129 Å². The molecule has 1 saturated heterocycles. The van der Waals surface area contributed by atoms with Gasteiger partial charge in [-0.25, -0.2) is 0 Å². The Morgan fingerprint density at radius 1 is 1.36 bits per heavy atom. The number of rotatable bonds is 3. The van der Waals surface area contributed by atoms with Crippen molar-refractivity contribution in [3.63, 3.8) is 0 Å². The zero-order chi connectivity index (χ0) is 14.9. The highest BCUT2D eigenvalue weighted by atomic mass is 16.5. The number of aromatic nitrogens is 5. The van der Waals surface area contributed by atoms with Crippen LogP contribution in [0.25, 0.3) is 0 Å². The molecular weight excluding hydrogens is 280 g/mol. The molecule has 0 bridgehead atoms. The molecule has 7 heteroatoms. The van der Waals surface area contributed by atoms with Crippen molar-refractivity contribution >= 4 is 0 Å². The molecule has 2 aliphatic rings. The first-order valence-corrected chi connectivity index (χ1v) is 8.01. The van der Waals surface area contributed by atoms with Gasteiger partial charge in [0.1, 0.15) is 0 Å². The number of hydrogen-bond donors (Lipinski definition) is 1. The smallest absolute Gasteiger partial charge is 0.177 e. The van der Waals surface area contributed by atoms with Gasteiger partial charge < -0.3 is 9.30 Å². The average Bonchev–Trinajstić information content (AvgIpc) is 3.28. The van der Waals surface area contributed by atoms with E-state index in [1.165, 1.54) is 12.1 Å². The van der Waals surface area contributed by atoms with Gasteiger partial charge in [0, 0.05) is 37.4 Å². The van der Waals surface area contributed by atoms with Gasteiger partial charge in [-0.3, -0.25) is 4.90 Å². The van der Waals surface area contributed by atoms with Crippen molar-refractivity contribution in [2.24, 2.45) is 7.05 Å². The summed E-state index contributed by atoms with van der Waals surface area (Å²) in [6.07, 6.45) is 5.56. The van der Waals surface area contributed by atoms with Crippen molar-refractivity contribution in [2.45, 2.75) is 37.3 Å². The second kappa shape index (κ2) is 5.81. The molecule has 2 aromatic rings. The Hall–Kier alpha value is -1.73. The van der Waals surface area contributed by atoms with Crippen molar-refractivity contribution in [1.29, 1.82) is 0 Å². The number of nitrogens with zero attached hydrogens (tertiary/aromatic N) is 5. The van der Waals surface area contributed by atoms with E-state index in [2.05, 4.69) is 55.5 Å². The summed E-state index contributed by atoms with van der Waals surface area (Å²) in [5.74, 6) is 1.30. The van der Waals surface area contributed by atoms with Gasteiger partial charge >= 0.3 is 0 Å². The fraction of sp³-hybridized carbons (Fsp3) is 0.667. The van der Waals surface area contributed by atoms with Gasteiger partial charge in [0.25, 0.3) is 0 Å². The van der Waals surface area contributed by atoms with Gasteiger partial charge in [0.05, 0.1) is 19.3 Å². The Morgan fingerprint density at radius 2 is 2.32 bits per heavy atom. The molecule has 22 heavy (non-hydrogen) atoms. The second-order valence-corrected chi connectivity index (χ2v) is 6.31. The number of ether oxygens (including phenoxy) is 1. The van der Waals surface area contributed by atoms with Crippen LogP contribution in [0, 0.1) is 0 Å². The van der Waals surface area contributed by atoms with E-state index < -0.39 is 0 Å². The molecule has 1 saturated carbocycles. The molecule has 4 rings (SSSR count).